The minimum Gasteiger partial charge on any atom is -0.384 e. The van der Waals surface area contributed by atoms with Crippen LogP contribution in [-0.4, -0.2) is 22.6 Å². The van der Waals surface area contributed by atoms with Crippen LogP contribution in [0.3, 0.4) is 0 Å². The molecular formula is C21H18ClN5O2. The maximum absolute atomic E-state index is 12.7. The number of rotatable bonds is 5. The Hall–Kier alpha value is -3.71. The SMILES string of the molecule is Cc1ccc(NC(=O)c2ccc(C(=N)N)cc2)c(C(=O)Nc2ccc(Cl)cn2)c1. The van der Waals surface area contributed by atoms with Crippen molar-refractivity contribution in [3.8, 4) is 0 Å². The van der Waals surface area contributed by atoms with Gasteiger partial charge in [-0.05, 0) is 43.3 Å². The molecule has 0 atom stereocenters. The predicted molar refractivity (Wildman–Crippen MR) is 114 cm³/mol. The van der Waals surface area contributed by atoms with Crippen LogP contribution in [0.1, 0.15) is 31.8 Å². The number of aryl methyl sites for hydroxylation is 1. The second-order valence-corrected chi connectivity index (χ2v) is 6.75. The number of benzene rings is 2. The van der Waals surface area contributed by atoms with Gasteiger partial charge in [0.05, 0.1) is 16.3 Å². The van der Waals surface area contributed by atoms with Gasteiger partial charge in [-0.25, -0.2) is 4.98 Å². The summed E-state index contributed by atoms with van der Waals surface area (Å²) < 4.78 is 0. The molecule has 0 radical (unpaired) electrons. The van der Waals surface area contributed by atoms with Gasteiger partial charge in [0, 0.05) is 17.3 Å². The molecule has 1 aromatic heterocycles. The van der Waals surface area contributed by atoms with Crippen LogP contribution in [0.25, 0.3) is 0 Å². The Morgan fingerprint density at radius 1 is 0.966 bits per heavy atom. The molecule has 5 N–H and O–H groups in total. The summed E-state index contributed by atoms with van der Waals surface area (Å²) in [6, 6.07) is 14.7. The zero-order chi connectivity index (χ0) is 21.0. The van der Waals surface area contributed by atoms with Crippen molar-refractivity contribution >= 4 is 40.8 Å². The summed E-state index contributed by atoms with van der Waals surface area (Å²) in [7, 11) is 0. The minimum atomic E-state index is -0.411. The van der Waals surface area contributed by atoms with Crippen molar-refractivity contribution in [1.82, 2.24) is 4.98 Å². The van der Waals surface area contributed by atoms with E-state index in [1.807, 2.05) is 6.92 Å². The van der Waals surface area contributed by atoms with E-state index in [0.717, 1.165) is 5.56 Å². The van der Waals surface area contributed by atoms with E-state index >= 15 is 0 Å². The quantitative estimate of drug-likeness (QED) is 0.379. The lowest BCUT2D eigenvalue weighted by Gasteiger charge is -2.12. The summed E-state index contributed by atoms with van der Waals surface area (Å²) in [4.78, 5) is 29.4. The molecular weight excluding hydrogens is 390 g/mol. The Bertz CT molecular complexity index is 1080. The molecule has 3 aromatic rings. The number of nitrogens with two attached hydrogens (primary N) is 1. The first-order chi connectivity index (χ1) is 13.8. The van der Waals surface area contributed by atoms with Crippen LogP contribution >= 0.6 is 11.6 Å². The van der Waals surface area contributed by atoms with Gasteiger partial charge < -0.3 is 16.4 Å². The van der Waals surface area contributed by atoms with Crippen LogP contribution in [0.4, 0.5) is 11.5 Å². The molecule has 3 rings (SSSR count). The molecule has 0 aliphatic heterocycles. The number of hydrogen-bond acceptors (Lipinski definition) is 4. The van der Waals surface area contributed by atoms with Gasteiger partial charge in [-0.1, -0.05) is 35.4 Å². The summed E-state index contributed by atoms with van der Waals surface area (Å²) in [5.41, 5.74) is 7.85. The van der Waals surface area contributed by atoms with Gasteiger partial charge in [-0.15, -0.1) is 0 Å². The predicted octanol–water partition coefficient (Wildman–Crippen LogP) is 3.83. The standard InChI is InChI=1S/C21H18ClN5O2/c1-12-2-8-17(26-20(28)14-5-3-13(4-6-14)19(23)24)16(10-12)21(29)27-18-9-7-15(22)11-25-18/h2-11H,1H3,(H3,23,24)(H,26,28)(H,25,27,29). The highest BCUT2D eigenvalue weighted by atomic mass is 35.5. The normalized spacial score (nSPS) is 10.3. The third-order valence-corrected chi connectivity index (χ3v) is 4.32. The number of amidine groups is 1. The monoisotopic (exact) mass is 407 g/mol. The Kier molecular flexibility index (Phi) is 5.90. The number of carbonyl (C=O) groups is 2. The molecule has 1 heterocycles. The molecule has 2 amide bonds. The highest BCUT2D eigenvalue weighted by Gasteiger charge is 2.16. The molecule has 0 saturated heterocycles. The smallest absolute Gasteiger partial charge is 0.258 e. The van der Waals surface area contributed by atoms with Gasteiger partial charge in [0.1, 0.15) is 11.7 Å². The Morgan fingerprint density at radius 2 is 1.66 bits per heavy atom. The van der Waals surface area contributed by atoms with E-state index in [1.165, 1.54) is 6.20 Å². The maximum Gasteiger partial charge on any atom is 0.258 e. The molecule has 0 aliphatic carbocycles. The van der Waals surface area contributed by atoms with Crippen molar-refractivity contribution in [3.05, 3.63) is 88.1 Å². The zero-order valence-electron chi connectivity index (χ0n) is 15.5. The van der Waals surface area contributed by atoms with Gasteiger partial charge in [0.25, 0.3) is 11.8 Å². The number of aromatic nitrogens is 1. The lowest BCUT2D eigenvalue weighted by molar-refractivity contribution is 0.102. The molecule has 7 nitrogen and oxygen atoms in total. The van der Waals surface area contributed by atoms with E-state index in [4.69, 9.17) is 22.7 Å². The number of anilines is 2. The number of nitrogens with one attached hydrogen (secondary N) is 3. The summed E-state index contributed by atoms with van der Waals surface area (Å²) in [6.45, 7) is 1.85. The molecule has 0 spiro atoms. The largest absolute Gasteiger partial charge is 0.384 e. The van der Waals surface area contributed by atoms with Crippen LogP contribution < -0.4 is 16.4 Å². The number of hydrogen-bond donors (Lipinski definition) is 4. The second kappa shape index (κ2) is 8.53. The highest BCUT2D eigenvalue weighted by molar-refractivity contribution is 6.30. The second-order valence-electron chi connectivity index (χ2n) is 6.31. The van der Waals surface area contributed by atoms with Crippen molar-refractivity contribution in [2.75, 3.05) is 10.6 Å². The third kappa shape index (κ3) is 4.97. The number of halogens is 1. The van der Waals surface area contributed by atoms with E-state index < -0.39 is 5.91 Å². The fourth-order valence-corrected chi connectivity index (χ4v) is 2.70. The van der Waals surface area contributed by atoms with Gasteiger partial charge >= 0.3 is 0 Å². The van der Waals surface area contributed by atoms with E-state index in [2.05, 4.69) is 15.6 Å². The first-order valence-electron chi connectivity index (χ1n) is 8.63. The van der Waals surface area contributed by atoms with Crippen molar-refractivity contribution in [1.29, 1.82) is 5.41 Å². The third-order valence-electron chi connectivity index (χ3n) is 4.09. The molecule has 0 fully saturated rings. The van der Waals surface area contributed by atoms with Crippen LogP contribution in [0.15, 0.2) is 60.8 Å². The summed E-state index contributed by atoms with van der Waals surface area (Å²) in [6.07, 6.45) is 1.43. The summed E-state index contributed by atoms with van der Waals surface area (Å²) >= 11 is 5.81. The highest BCUT2D eigenvalue weighted by Crippen LogP contribution is 2.20. The molecule has 8 heteroatoms. The number of carbonyl (C=O) groups excluding carboxylic acids is 2. The molecule has 0 bridgehead atoms. The average Bonchev–Trinajstić information content (AvgIpc) is 2.71. The number of amides is 2. The van der Waals surface area contributed by atoms with E-state index in [0.29, 0.717) is 33.2 Å². The number of pyridine rings is 1. The maximum atomic E-state index is 12.7. The molecule has 146 valence electrons. The summed E-state index contributed by atoms with van der Waals surface area (Å²) in [5, 5.41) is 13.3. The first-order valence-corrected chi connectivity index (χ1v) is 9.00. The van der Waals surface area contributed by atoms with Gasteiger partial charge in [0.15, 0.2) is 0 Å². The molecule has 29 heavy (non-hydrogen) atoms. The minimum absolute atomic E-state index is 0.0785. The van der Waals surface area contributed by atoms with E-state index in [1.54, 1.807) is 54.6 Å². The Labute approximate surface area is 172 Å². The zero-order valence-corrected chi connectivity index (χ0v) is 16.2. The fourth-order valence-electron chi connectivity index (χ4n) is 2.58. The molecule has 0 saturated carbocycles. The Morgan fingerprint density at radius 3 is 2.28 bits per heavy atom. The van der Waals surface area contributed by atoms with Crippen LogP contribution in [0.2, 0.25) is 5.02 Å². The van der Waals surface area contributed by atoms with Crippen molar-refractivity contribution in [3.63, 3.8) is 0 Å². The average molecular weight is 408 g/mol. The van der Waals surface area contributed by atoms with Gasteiger partial charge in [0.2, 0.25) is 0 Å². The summed E-state index contributed by atoms with van der Waals surface area (Å²) in [5.74, 6) is -0.531. The molecule has 0 unspecified atom stereocenters. The Balaban J connectivity index is 1.82. The number of nitrogen functional groups attached to an aromatic ring is 1. The van der Waals surface area contributed by atoms with Crippen LogP contribution in [0, 0.1) is 12.3 Å². The first kappa shape index (κ1) is 20.0. The van der Waals surface area contributed by atoms with Crippen molar-refractivity contribution < 1.29 is 9.59 Å². The number of nitrogens with zero attached hydrogens (tertiary/aromatic N) is 1. The molecule has 0 aliphatic rings. The topological polar surface area (TPSA) is 121 Å². The van der Waals surface area contributed by atoms with Crippen molar-refractivity contribution in [2.24, 2.45) is 5.73 Å². The van der Waals surface area contributed by atoms with Crippen LogP contribution in [-0.2, 0) is 0 Å². The van der Waals surface area contributed by atoms with Crippen LogP contribution in [0.5, 0.6) is 0 Å². The lowest BCUT2D eigenvalue weighted by Crippen LogP contribution is -2.19. The van der Waals surface area contributed by atoms with Gasteiger partial charge in [-0.3, -0.25) is 15.0 Å². The lowest BCUT2D eigenvalue weighted by atomic mass is 10.1. The van der Waals surface area contributed by atoms with E-state index in [-0.39, 0.29) is 11.7 Å². The van der Waals surface area contributed by atoms with Gasteiger partial charge in [-0.2, -0.15) is 0 Å². The molecule has 2 aromatic carbocycles. The fraction of sp³-hybridized carbons (Fsp3) is 0.0476. The van der Waals surface area contributed by atoms with Crippen molar-refractivity contribution in [2.45, 2.75) is 6.92 Å². The van der Waals surface area contributed by atoms with E-state index in [9.17, 15) is 9.59 Å².